The van der Waals surface area contributed by atoms with Gasteiger partial charge in [-0.15, -0.1) is 0 Å². The molecule has 2 aromatic rings. The summed E-state index contributed by atoms with van der Waals surface area (Å²) in [5.74, 6) is -0.492. The first-order valence-corrected chi connectivity index (χ1v) is 8.36. The molecule has 26 heavy (non-hydrogen) atoms. The van der Waals surface area contributed by atoms with Gasteiger partial charge >= 0.3 is 11.9 Å². The van der Waals surface area contributed by atoms with Crippen LogP contribution >= 0.6 is 0 Å². The molecule has 0 aliphatic heterocycles. The molecule has 0 radical (unpaired) electrons. The van der Waals surface area contributed by atoms with Crippen LogP contribution in [-0.2, 0) is 27.3 Å². The van der Waals surface area contributed by atoms with Crippen molar-refractivity contribution >= 4 is 18.0 Å². The van der Waals surface area contributed by atoms with Crippen molar-refractivity contribution in [3.05, 3.63) is 64.6 Å². The normalized spacial score (nSPS) is 18.3. The zero-order chi connectivity index (χ0) is 18.7. The monoisotopic (exact) mass is 356 g/mol. The third kappa shape index (κ3) is 3.41. The summed E-state index contributed by atoms with van der Waals surface area (Å²) >= 11 is 0. The molecule has 0 bridgehead atoms. The van der Waals surface area contributed by atoms with Gasteiger partial charge in [-0.3, -0.25) is 0 Å². The zero-order valence-electron chi connectivity index (χ0n) is 14.7. The average molecular weight is 356 g/mol. The second-order valence-corrected chi connectivity index (χ2v) is 6.09. The minimum Gasteiger partial charge on any atom is -0.462 e. The Morgan fingerprint density at radius 1 is 1.23 bits per heavy atom. The van der Waals surface area contributed by atoms with E-state index in [0.717, 1.165) is 5.56 Å². The molecule has 1 aromatic carbocycles. The van der Waals surface area contributed by atoms with Crippen LogP contribution in [0.25, 0.3) is 6.08 Å². The van der Waals surface area contributed by atoms with Crippen LogP contribution < -0.4 is 0 Å². The summed E-state index contributed by atoms with van der Waals surface area (Å²) in [7, 11) is 0. The van der Waals surface area contributed by atoms with Gasteiger partial charge in [0, 0.05) is 12.0 Å². The molecular weight excluding hydrogens is 336 g/mol. The molecule has 1 aliphatic carbocycles. The van der Waals surface area contributed by atoms with Crippen molar-refractivity contribution in [2.75, 3.05) is 6.61 Å². The fourth-order valence-electron chi connectivity index (χ4n) is 2.92. The molecule has 0 spiro atoms. The Balaban J connectivity index is 1.79. The largest absolute Gasteiger partial charge is 0.462 e. The number of rotatable bonds is 5. The topological polar surface area (TPSA) is 86.0 Å². The summed E-state index contributed by atoms with van der Waals surface area (Å²) in [6.07, 6.45) is 2.71. The average Bonchev–Trinajstić information content (AvgIpc) is 2.95. The highest BCUT2D eigenvalue weighted by molar-refractivity contribution is 5.95. The van der Waals surface area contributed by atoms with Gasteiger partial charge in [0.25, 0.3) is 0 Å². The number of aliphatic hydroxyl groups is 1. The standard InChI is InChI=1S/C20H20O6/c1-3-24-18(21)17-13(2)26-16-9-10-20(23,11-15(16)17)19(22)25-12-14-7-5-4-6-8-14/h4-10,23H,3,11-12H2,1-2H3. The Bertz CT molecular complexity index is 849. The van der Waals surface area contributed by atoms with Crippen molar-refractivity contribution in [2.24, 2.45) is 0 Å². The predicted molar refractivity (Wildman–Crippen MR) is 93.3 cm³/mol. The Hall–Kier alpha value is -2.86. The van der Waals surface area contributed by atoms with Gasteiger partial charge in [-0.2, -0.15) is 0 Å². The van der Waals surface area contributed by atoms with Crippen LogP contribution in [0.5, 0.6) is 0 Å². The Kier molecular flexibility index (Phi) is 4.95. The molecule has 1 aliphatic rings. The molecular formula is C20H20O6. The smallest absolute Gasteiger partial charge is 0.342 e. The number of aryl methyl sites for hydroxylation is 1. The van der Waals surface area contributed by atoms with E-state index in [9.17, 15) is 14.7 Å². The Morgan fingerprint density at radius 2 is 1.96 bits per heavy atom. The molecule has 0 amide bonds. The Labute approximate surface area is 151 Å². The van der Waals surface area contributed by atoms with E-state index in [0.29, 0.717) is 17.1 Å². The number of ether oxygens (including phenoxy) is 2. The number of hydrogen-bond donors (Lipinski definition) is 1. The maximum Gasteiger partial charge on any atom is 0.342 e. The number of benzene rings is 1. The van der Waals surface area contributed by atoms with Crippen molar-refractivity contribution in [3.8, 4) is 0 Å². The molecule has 6 nitrogen and oxygen atoms in total. The lowest BCUT2D eigenvalue weighted by Crippen LogP contribution is -2.42. The quantitative estimate of drug-likeness (QED) is 0.829. The molecule has 136 valence electrons. The highest BCUT2D eigenvalue weighted by atomic mass is 16.6. The zero-order valence-corrected chi connectivity index (χ0v) is 14.7. The van der Waals surface area contributed by atoms with Crippen molar-refractivity contribution in [1.82, 2.24) is 0 Å². The van der Waals surface area contributed by atoms with Crippen LogP contribution in [0.15, 0.2) is 40.8 Å². The molecule has 1 atom stereocenters. The second-order valence-electron chi connectivity index (χ2n) is 6.09. The van der Waals surface area contributed by atoms with Gasteiger partial charge in [-0.1, -0.05) is 30.3 Å². The highest BCUT2D eigenvalue weighted by Crippen LogP contribution is 2.33. The SMILES string of the molecule is CCOC(=O)c1c(C)oc2c1CC(O)(C(=O)OCc1ccccc1)C=C2. The number of esters is 2. The van der Waals surface area contributed by atoms with E-state index in [1.54, 1.807) is 13.8 Å². The summed E-state index contributed by atoms with van der Waals surface area (Å²) in [5, 5.41) is 10.8. The van der Waals surface area contributed by atoms with Crippen molar-refractivity contribution in [1.29, 1.82) is 0 Å². The molecule has 0 saturated carbocycles. The van der Waals surface area contributed by atoms with Crippen molar-refractivity contribution < 1.29 is 28.6 Å². The number of carbonyl (C=O) groups is 2. The van der Waals surface area contributed by atoms with E-state index in [1.165, 1.54) is 12.2 Å². The van der Waals surface area contributed by atoms with E-state index in [-0.39, 0.29) is 25.2 Å². The van der Waals surface area contributed by atoms with Crippen LogP contribution in [0.4, 0.5) is 0 Å². The number of fused-ring (bicyclic) bond motifs is 1. The minimum atomic E-state index is -1.86. The Morgan fingerprint density at radius 3 is 2.65 bits per heavy atom. The molecule has 0 fully saturated rings. The van der Waals surface area contributed by atoms with E-state index in [4.69, 9.17) is 13.9 Å². The van der Waals surface area contributed by atoms with Gasteiger partial charge < -0.3 is 19.0 Å². The maximum atomic E-state index is 12.4. The van der Waals surface area contributed by atoms with Gasteiger partial charge in [-0.25, -0.2) is 9.59 Å². The lowest BCUT2D eigenvalue weighted by Gasteiger charge is -2.25. The maximum absolute atomic E-state index is 12.4. The van der Waals surface area contributed by atoms with Gasteiger partial charge in [0.1, 0.15) is 23.7 Å². The fraction of sp³-hybridized carbons (Fsp3) is 0.300. The van der Waals surface area contributed by atoms with Crippen molar-refractivity contribution in [3.63, 3.8) is 0 Å². The summed E-state index contributed by atoms with van der Waals surface area (Å²) in [4.78, 5) is 24.6. The summed E-state index contributed by atoms with van der Waals surface area (Å²) < 4.78 is 15.9. The summed E-state index contributed by atoms with van der Waals surface area (Å²) in [6.45, 7) is 3.62. The second kappa shape index (κ2) is 7.17. The first-order chi connectivity index (χ1) is 12.4. The molecule has 1 unspecified atom stereocenters. The molecule has 1 N–H and O–H groups in total. The molecule has 6 heteroatoms. The number of hydrogen-bond acceptors (Lipinski definition) is 6. The highest BCUT2D eigenvalue weighted by Gasteiger charge is 2.41. The van der Waals surface area contributed by atoms with Gasteiger partial charge in [0.2, 0.25) is 0 Å². The van der Waals surface area contributed by atoms with Gasteiger partial charge in [0.05, 0.1) is 6.61 Å². The molecule has 1 heterocycles. The first-order valence-electron chi connectivity index (χ1n) is 8.36. The van der Waals surface area contributed by atoms with E-state index >= 15 is 0 Å². The van der Waals surface area contributed by atoms with Crippen molar-refractivity contribution in [2.45, 2.75) is 32.5 Å². The van der Waals surface area contributed by atoms with E-state index in [2.05, 4.69) is 0 Å². The molecule has 1 aromatic heterocycles. The summed E-state index contributed by atoms with van der Waals surface area (Å²) in [5.41, 5.74) is -0.348. The number of furan rings is 1. The van der Waals surface area contributed by atoms with Crippen LogP contribution in [0, 0.1) is 6.92 Å². The van der Waals surface area contributed by atoms with E-state index in [1.807, 2.05) is 30.3 Å². The minimum absolute atomic E-state index is 0.0534. The van der Waals surface area contributed by atoms with Gasteiger partial charge in [0.15, 0.2) is 5.60 Å². The lowest BCUT2D eigenvalue weighted by atomic mass is 9.87. The van der Waals surface area contributed by atoms with Gasteiger partial charge in [-0.05, 0) is 31.6 Å². The third-order valence-corrected chi connectivity index (χ3v) is 4.22. The lowest BCUT2D eigenvalue weighted by molar-refractivity contribution is -0.161. The van der Waals surface area contributed by atoms with Crippen LogP contribution in [0.1, 0.15) is 39.9 Å². The number of carbonyl (C=O) groups excluding carboxylic acids is 2. The van der Waals surface area contributed by atoms with Crippen LogP contribution in [-0.4, -0.2) is 29.3 Å². The van der Waals surface area contributed by atoms with E-state index < -0.39 is 17.5 Å². The molecule has 3 rings (SSSR count). The van der Waals surface area contributed by atoms with Crippen LogP contribution in [0.3, 0.4) is 0 Å². The predicted octanol–water partition coefficient (Wildman–Crippen LogP) is 2.81. The fourth-order valence-corrected chi connectivity index (χ4v) is 2.92. The van der Waals surface area contributed by atoms with Crippen LogP contribution in [0.2, 0.25) is 0 Å². The molecule has 0 saturated heterocycles. The first kappa shape index (κ1) is 17.9. The summed E-state index contributed by atoms with van der Waals surface area (Å²) in [6, 6.07) is 9.19. The third-order valence-electron chi connectivity index (χ3n) is 4.22.